The minimum atomic E-state index is -0.195. The molecule has 0 N–H and O–H groups in total. The fraction of sp³-hybridized carbons (Fsp3) is 0.150. The molecule has 1 atom stereocenters. The first-order valence-electron chi connectivity index (χ1n) is 8.33. The maximum atomic E-state index is 12.9. The predicted octanol–water partition coefficient (Wildman–Crippen LogP) is 3.85. The third-order valence-electron chi connectivity index (χ3n) is 4.52. The van der Waals surface area contributed by atoms with E-state index in [2.05, 4.69) is 9.97 Å². The summed E-state index contributed by atoms with van der Waals surface area (Å²) >= 11 is 0. The van der Waals surface area contributed by atoms with E-state index in [9.17, 15) is 4.79 Å². The van der Waals surface area contributed by atoms with E-state index in [0.29, 0.717) is 11.4 Å². The highest BCUT2D eigenvalue weighted by Crippen LogP contribution is 2.27. The van der Waals surface area contributed by atoms with Crippen LogP contribution in [0.25, 0.3) is 16.8 Å². The first kappa shape index (κ1) is 16.1. The Morgan fingerprint density at radius 3 is 2.81 bits per heavy atom. The largest absolute Gasteiger partial charge is 0.459 e. The number of carbonyl (C=O) groups excluding carboxylic acids is 1. The van der Waals surface area contributed by atoms with Crippen molar-refractivity contribution in [3.63, 3.8) is 0 Å². The molecule has 0 spiro atoms. The third-order valence-corrected chi connectivity index (χ3v) is 4.52. The van der Waals surface area contributed by atoms with E-state index in [1.54, 1.807) is 53.6 Å². The number of nitrogens with zero attached hydrogens (tertiary/aromatic N) is 4. The second-order valence-corrected chi connectivity index (χ2v) is 6.15. The van der Waals surface area contributed by atoms with Gasteiger partial charge in [0.25, 0.3) is 5.91 Å². The van der Waals surface area contributed by atoms with E-state index in [4.69, 9.17) is 4.42 Å². The lowest BCUT2D eigenvalue weighted by Gasteiger charge is -2.23. The predicted molar refractivity (Wildman–Crippen MR) is 98.1 cm³/mol. The van der Waals surface area contributed by atoms with Crippen molar-refractivity contribution in [3.05, 3.63) is 78.7 Å². The van der Waals surface area contributed by atoms with Gasteiger partial charge >= 0.3 is 0 Å². The number of imidazole rings is 1. The Kier molecular flexibility index (Phi) is 4.01. The normalized spacial score (nSPS) is 12.2. The average Bonchev–Trinajstić information content (AvgIpc) is 3.36. The summed E-state index contributed by atoms with van der Waals surface area (Å²) in [6.45, 7) is 1.95. The fourth-order valence-corrected chi connectivity index (χ4v) is 2.87. The van der Waals surface area contributed by atoms with E-state index in [1.165, 1.54) is 0 Å². The van der Waals surface area contributed by atoms with E-state index >= 15 is 0 Å². The topological polar surface area (TPSA) is 64.2 Å². The van der Waals surface area contributed by atoms with Crippen molar-refractivity contribution < 1.29 is 9.21 Å². The number of hydrogen-bond donors (Lipinski definition) is 0. The van der Waals surface area contributed by atoms with Crippen LogP contribution in [0.15, 0.2) is 71.8 Å². The summed E-state index contributed by atoms with van der Waals surface area (Å²) in [5, 5.41) is 1.03. The highest BCUT2D eigenvalue weighted by atomic mass is 16.3. The summed E-state index contributed by atoms with van der Waals surface area (Å²) in [7, 11) is 1.78. The average molecular weight is 346 g/mol. The van der Waals surface area contributed by atoms with Crippen LogP contribution in [0.1, 0.15) is 29.1 Å². The van der Waals surface area contributed by atoms with E-state index in [1.807, 2.05) is 37.3 Å². The maximum Gasteiger partial charge on any atom is 0.254 e. The zero-order valence-corrected chi connectivity index (χ0v) is 14.5. The number of carbonyl (C=O) groups is 1. The lowest BCUT2D eigenvalue weighted by molar-refractivity contribution is 0.0727. The number of hydrogen-bond acceptors (Lipinski definition) is 4. The van der Waals surface area contributed by atoms with Crippen LogP contribution in [0.3, 0.4) is 0 Å². The van der Waals surface area contributed by atoms with Gasteiger partial charge in [0, 0.05) is 36.6 Å². The number of furan rings is 1. The molecule has 0 saturated heterocycles. The summed E-state index contributed by atoms with van der Waals surface area (Å²) in [6.07, 6.45) is 6.74. The van der Waals surface area contributed by atoms with Crippen LogP contribution >= 0.6 is 0 Å². The first-order chi connectivity index (χ1) is 12.6. The van der Waals surface area contributed by atoms with Gasteiger partial charge in [-0.2, -0.15) is 0 Å². The quantitative estimate of drug-likeness (QED) is 0.563. The molecule has 3 aromatic heterocycles. The van der Waals surface area contributed by atoms with E-state index in [0.717, 1.165) is 16.7 Å². The summed E-state index contributed by atoms with van der Waals surface area (Å²) < 4.78 is 7.66. The molecule has 6 nitrogen and oxygen atoms in total. The molecule has 1 aromatic carbocycles. The van der Waals surface area contributed by atoms with E-state index < -0.39 is 0 Å². The van der Waals surface area contributed by atoms with Gasteiger partial charge in [0.05, 0.1) is 6.04 Å². The smallest absolute Gasteiger partial charge is 0.254 e. The Morgan fingerprint density at radius 2 is 2.04 bits per heavy atom. The van der Waals surface area contributed by atoms with Crippen molar-refractivity contribution in [3.8, 4) is 5.82 Å². The van der Waals surface area contributed by atoms with Crippen molar-refractivity contribution in [2.75, 3.05) is 7.05 Å². The molecule has 4 rings (SSSR count). The van der Waals surface area contributed by atoms with Crippen molar-refractivity contribution in [1.82, 2.24) is 19.4 Å². The van der Waals surface area contributed by atoms with Gasteiger partial charge in [0.1, 0.15) is 23.5 Å². The molecule has 0 unspecified atom stereocenters. The molecule has 6 heteroatoms. The molecule has 0 aliphatic rings. The molecule has 3 heterocycles. The lowest BCUT2D eigenvalue weighted by atomic mass is 10.1. The highest BCUT2D eigenvalue weighted by Gasteiger charge is 2.22. The minimum Gasteiger partial charge on any atom is -0.459 e. The molecule has 4 aromatic rings. The van der Waals surface area contributed by atoms with Gasteiger partial charge in [-0.25, -0.2) is 9.97 Å². The number of aromatic nitrogens is 3. The lowest BCUT2D eigenvalue weighted by Crippen LogP contribution is -2.29. The highest BCUT2D eigenvalue weighted by molar-refractivity contribution is 5.94. The van der Waals surface area contributed by atoms with Crippen LogP contribution in [0.4, 0.5) is 0 Å². The standard InChI is InChI=1S/C20H18N4O2/c1-14(18-11-15-5-3-4-6-17(15)26-18)23(2)20(25)16-7-8-22-19(12-16)24-10-9-21-13-24/h3-14H,1-2H3/t14-/m1/s1. The van der Waals surface area contributed by atoms with Gasteiger partial charge in [-0.1, -0.05) is 18.2 Å². The second-order valence-electron chi connectivity index (χ2n) is 6.15. The molecule has 0 aliphatic heterocycles. The van der Waals surface area contributed by atoms with Crippen LogP contribution in [-0.4, -0.2) is 32.4 Å². The number of rotatable bonds is 4. The Balaban J connectivity index is 1.60. The molecule has 0 fully saturated rings. The van der Waals surface area contributed by atoms with Gasteiger partial charge < -0.3 is 9.32 Å². The number of amides is 1. The van der Waals surface area contributed by atoms with Crippen LogP contribution in [-0.2, 0) is 0 Å². The zero-order chi connectivity index (χ0) is 18.1. The van der Waals surface area contributed by atoms with Crippen LogP contribution in [0.5, 0.6) is 0 Å². The summed E-state index contributed by atoms with van der Waals surface area (Å²) in [5.74, 6) is 1.31. The third kappa shape index (κ3) is 2.86. The van der Waals surface area contributed by atoms with Gasteiger partial charge in [-0.3, -0.25) is 9.36 Å². The first-order valence-corrected chi connectivity index (χ1v) is 8.33. The summed E-state index contributed by atoms with van der Waals surface area (Å²) in [4.78, 5) is 22.9. The number of para-hydroxylation sites is 1. The van der Waals surface area contributed by atoms with Crippen LogP contribution < -0.4 is 0 Å². The van der Waals surface area contributed by atoms with Gasteiger partial charge in [-0.15, -0.1) is 0 Å². The fourth-order valence-electron chi connectivity index (χ4n) is 2.87. The molecular formula is C20H18N4O2. The Hall–Kier alpha value is -3.41. The van der Waals surface area contributed by atoms with Crippen molar-refractivity contribution >= 4 is 16.9 Å². The van der Waals surface area contributed by atoms with Crippen LogP contribution in [0.2, 0.25) is 0 Å². The van der Waals surface area contributed by atoms with Gasteiger partial charge in [-0.05, 0) is 31.2 Å². The van der Waals surface area contributed by atoms with E-state index in [-0.39, 0.29) is 11.9 Å². The molecule has 0 saturated carbocycles. The second kappa shape index (κ2) is 6.48. The Morgan fingerprint density at radius 1 is 1.19 bits per heavy atom. The Bertz CT molecular complexity index is 1020. The number of pyridine rings is 1. The van der Waals surface area contributed by atoms with Crippen molar-refractivity contribution in [1.29, 1.82) is 0 Å². The molecular weight excluding hydrogens is 328 g/mol. The summed E-state index contributed by atoms with van der Waals surface area (Å²) in [6, 6.07) is 13.1. The number of fused-ring (bicyclic) bond motifs is 1. The SMILES string of the molecule is C[C@H](c1cc2ccccc2o1)N(C)C(=O)c1ccnc(-n2ccnc2)c1. The van der Waals surface area contributed by atoms with Crippen molar-refractivity contribution in [2.45, 2.75) is 13.0 Å². The Labute approximate surface area is 150 Å². The number of benzene rings is 1. The minimum absolute atomic E-state index is 0.0956. The molecule has 0 aliphatic carbocycles. The van der Waals surface area contributed by atoms with Gasteiger partial charge in [0.2, 0.25) is 0 Å². The zero-order valence-electron chi connectivity index (χ0n) is 14.5. The molecule has 0 radical (unpaired) electrons. The molecule has 1 amide bonds. The molecule has 0 bridgehead atoms. The summed E-state index contributed by atoms with van der Waals surface area (Å²) in [5.41, 5.74) is 1.38. The van der Waals surface area contributed by atoms with Crippen LogP contribution in [0, 0.1) is 0 Å². The van der Waals surface area contributed by atoms with Crippen molar-refractivity contribution in [2.24, 2.45) is 0 Å². The maximum absolute atomic E-state index is 12.9. The molecule has 130 valence electrons. The molecule has 26 heavy (non-hydrogen) atoms. The monoisotopic (exact) mass is 346 g/mol. The van der Waals surface area contributed by atoms with Gasteiger partial charge in [0.15, 0.2) is 0 Å².